The van der Waals surface area contributed by atoms with E-state index in [1.165, 1.54) is 96.3 Å². The number of phosphoric acid groups is 1. The zero-order valence-electron chi connectivity index (χ0n) is 34.8. The van der Waals surface area contributed by atoms with Gasteiger partial charge in [0.1, 0.15) is 12.1 Å². The number of ether oxygens (including phenoxy) is 2. The smallest absolute Gasteiger partial charge is 0.472 e. The number of carboxylic acids is 1. The van der Waals surface area contributed by atoms with Crippen molar-refractivity contribution in [2.45, 2.75) is 193 Å². The second-order valence-electron chi connectivity index (χ2n) is 14.4. The number of allylic oxidation sites excluding steroid dienone is 8. The lowest BCUT2D eigenvalue weighted by Crippen LogP contribution is -2.34. The molecular weight excluding hydrogens is 717 g/mol. The van der Waals surface area contributed by atoms with Crippen LogP contribution in [-0.2, 0) is 32.7 Å². The van der Waals surface area contributed by atoms with Gasteiger partial charge in [-0.25, -0.2) is 4.57 Å². The number of aliphatic carboxylic acids is 1. The highest BCUT2D eigenvalue weighted by atomic mass is 31.2. The number of hydrogen-bond acceptors (Lipinski definition) is 8. The Hall–Kier alpha value is -2.07. The van der Waals surface area contributed by atoms with Crippen LogP contribution in [0, 0.1) is 0 Å². The third-order valence-corrected chi connectivity index (χ3v) is 10.1. The van der Waals surface area contributed by atoms with Crippen LogP contribution in [0.1, 0.15) is 181 Å². The van der Waals surface area contributed by atoms with Gasteiger partial charge in [0.15, 0.2) is 0 Å². The summed E-state index contributed by atoms with van der Waals surface area (Å²) in [4.78, 5) is 33.5. The molecule has 55 heavy (non-hydrogen) atoms. The lowest BCUT2D eigenvalue weighted by Gasteiger charge is -2.20. The van der Waals surface area contributed by atoms with Crippen LogP contribution < -0.4 is 5.73 Å². The zero-order valence-corrected chi connectivity index (χ0v) is 35.7. The van der Waals surface area contributed by atoms with E-state index in [9.17, 15) is 19.0 Å². The van der Waals surface area contributed by atoms with Crippen molar-refractivity contribution >= 4 is 19.8 Å². The van der Waals surface area contributed by atoms with E-state index in [2.05, 4.69) is 62.5 Å². The summed E-state index contributed by atoms with van der Waals surface area (Å²) in [6, 6.07) is -1.48. The summed E-state index contributed by atoms with van der Waals surface area (Å²) >= 11 is 0. The number of nitrogens with two attached hydrogens (primary N) is 1. The number of rotatable bonds is 41. The van der Waals surface area contributed by atoms with Crippen LogP contribution in [0.3, 0.4) is 0 Å². The maximum atomic E-state index is 12.6. The van der Waals surface area contributed by atoms with Crippen molar-refractivity contribution in [3.63, 3.8) is 0 Å². The van der Waals surface area contributed by atoms with E-state index in [0.29, 0.717) is 13.0 Å². The zero-order chi connectivity index (χ0) is 40.5. The van der Waals surface area contributed by atoms with Gasteiger partial charge in [-0.3, -0.25) is 18.6 Å². The van der Waals surface area contributed by atoms with Gasteiger partial charge >= 0.3 is 19.8 Å². The average Bonchev–Trinajstić information content (AvgIpc) is 3.16. The number of phosphoric ester groups is 1. The standard InChI is InChI=1S/C44H80NO9P/c1-3-5-7-9-11-13-15-17-19-20-21-22-23-24-26-28-30-32-34-36-43(46)54-41(39-52-55(49,50)53-40-42(45)44(47)48)38-51-37-35-33-31-29-27-25-18-16-14-12-10-8-6-4-2/h6,8,12,14,18,25,29,31,41-42H,3-5,7,9-11,13,15-17,19-24,26-28,30,32-40,45H2,1-2H3,(H,47,48)(H,49,50)/b8-6-,14-12-,25-18-,31-29-. The van der Waals surface area contributed by atoms with Crippen molar-refractivity contribution in [2.24, 2.45) is 5.73 Å². The maximum Gasteiger partial charge on any atom is 0.472 e. The normalized spacial score (nSPS) is 14.4. The molecular formula is C44H80NO9P. The molecule has 0 saturated carbocycles. The van der Waals surface area contributed by atoms with E-state index in [-0.39, 0.29) is 13.0 Å². The summed E-state index contributed by atoms with van der Waals surface area (Å²) < 4.78 is 33.2. The molecule has 3 atom stereocenters. The molecule has 0 aromatic carbocycles. The van der Waals surface area contributed by atoms with Gasteiger partial charge in [-0.1, -0.05) is 178 Å². The van der Waals surface area contributed by atoms with E-state index in [1.54, 1.807) is 0 Å². The quantitative estimate of drug-likeness (QED) is 0.0236. The van der Waals surface area contributed by atoms with Crippen molar-refractivity contribution in [1.82, 2.24) is 0 Å². The van der Waals surface area contributed by atoms with Gasteiger partial charge < -0.3 is 25.2 Å². The van der Waals surface area contributed by atoms with Gasteiger partial charge in [-0.15, -0.1) is 0 Å². The topological polar surface area (TPSA) is 155 Å². The highest BCUT2D eigenvalue weighted by Gasteiger charge is 2.27. The van der Waals surface area contributed by atoms with E-state index < -0.39 is 45.1 Å². The predicted octanol–water partition coefficient (Wildman–Crippen LogP) is 11.9. The number of carbonyl (C=O) groups is 2. The number of carboxylic acid groups (broad SMARTS) is 1. The van der Waals surface area contributed by atoms with E-state index in [4.69, 9.17) is 29.4 Å². The largest absolute Gasteiger partial charge is 0.480 e. The van der Waals surface area contributed by atoms with Crippen molar-refractivity contribution in [3.8, 4) is 0 Å². The summed E-state index contributed by atoms with van der Waals surface area (Å²) in [7, 11) is -4.63. The lowest BCUT2D eigenvalue weighted by molar-refractivity contribution is -0.154. The molecule has 3 unspecified atom stereocenters. The number of esters is 1. The SMILES string of the molecule is CC/C=C\C/C=C\C/C=C\C/C=C\CCCOCC(COP(=O)(O)OCC(N)C(=O)O)OC(=O)CCCCCCCCCCCCCCCCCCCCC. The molecule has 4 N–H and O–H groups in total. The fourth-order valence-electron chi connectivity index (χ4n) is 5.78. The fourth-order valence-corrected chi connectivity index (χ4v) is 6.56. The predicted molar refractivity (Wildman–Crippen MR) is 226 cm³/mol. The Morgan fingerprint density at radius 3 is 1.51 bits per heavy atom. The average molecular weight is 798 g/mol. The van der Waals surface area contributed by atoms with Crippen LogP contribution in [0.15, 0.2) is 48.6 Å². The minimum Gasteiger partial charge on any atom is -0.480 e. The van der Waals surface area contributed by atoms with Crippen LogP contribution in [0.2, 0.25) is 0 Å². The van der Waals surface area contributed by atoms with Crippen molar-refractivity contribution in [3.05, 3.63) is 48.6 Å². The first-order chi connectivity index (χ1) is 26.7. The first kappa shape index (κ1) is 52.9. The van der Waals surface area contributed by atoms with Crippen molar-refractivity contribution in [2.75, 3.05) is 26.4 Å². The van der Waals surface area contributed by atoms with E-state index in [1.807, 2.05) is 0 Å². The first-order valence-electron chi connectivity index (χ1n) is 21.7. The summed E-state index contributed by atoms with van der Waals surface area (Å²) in [5.74, 6) is -1.80. The molecule has 0 spiro atoms. The van der Waals surface area contributed by atoms with Crippen LogP contribution in [0.4, 0.5) is 0 Å². The van der Waals surface area contributed by atoms with E-state index in [0.717, 1.165) is 57.8 Å². The van der Waals surface area contributed by atoms with Crippen LogP contribution >= 0.6 is 7.82 Å². The Labute approximate surface area is 335 Å². The molecule has 10 nitrogen and oxygen atoms in total. The molecule has 0 rings (SSSR count). The summed E-state index contributed by atoms with van der Waals surface area (Å²) in [6.07, 6.45) is 46.1. The molecule has 320 valence electrons. The monoisotopic (exact) mass is 798 g/mol. The molecule has 0 aromatic rings. The first-order valence-corrected chi connectivity index (χ1v) is 23.2. The van der Waals surface area contributed by atoms with Gasteiger partial charge in [0.25, 0.3) is 0 Å². The maximum absolute atomic E-state index is 12.6. The van der Waals surface area contributed by atoms with Crippen LogP contribution in [0.25, 0.3) is 0 Å². The molecule has 0 aliphatic carbocycles. The highest BCUT2D eigenvalue weighted by Crippen LogP contribution is 2.43. The van der Waals surface area contributed by atoms with Crippen molar-refractivity contribution < 1.29 is 42.7 Å². The third kappa shape index (κ3) is 39.9. The van der Waals surface area contributed by atoms with Gasteiger partial charge in [0.2, 0.25) is 0 Å². The minimum atomic E-state index is -4.63. The number of carbonyl (C=O) groups excluding carboxylic acids is 1. The van der Waals surface area contributed by atoms with E-state index >= 15 is 0 Å². The van der Waals surface area contributed by atoms with Crippen molar-refractivity contribution in [1.29, 1.82) is 0 Å². The Bertz CT molecular complexity index is 1060. The molecule has 0 saturated heterocycles. The second kappa shape index (κ2) is 40.1. The molecule has 11 heteroatoms. The Morgan fingerprint density at radius 1 is 0.600 bits per heavy atom. The van der Waals surface area contributed by atoms with Gasteiger partial charge in [-0.2, -0.15) is 0 Å². The Balaban J connectivity index is 4.27. The summed E-state index contributed by atoms with van der Waals surface area (Å²) in [5, 5.41) is 8.89. The molecule has 0 radical (unpaired) electrons. The number of hydrogen-bond donors (Lipinski definition) is 3. The number of unbranched alkanes of at least 4 members (excludes halogenated alkanes) is 19. The van der Waals surface area contributed by atoms with Crippen LogP contribution in [-0.4, -0.2) is 60.5 Å². The lowest BCUT2D eigenvalue weighted by atomic mass is 10.0. The Morgan fingerprint density at radius 2 is 1.04 bits per heavy atom. The molecule has 0 heterocycles. The molecule has 0 amide bonds. The fraction of sp³-hybridized carbons (Fsp3) is 0.773. The summed E-state index contributed by atoms with van der Waals surface area (Å²) in [6.45, 7) is 3.63. The molecule has 0 fully saturated rings. The summed E-state index contributed by atoms with van der Waals surface area (Å²) in [5.41, 5.74) is 5.35. The van der Waals surface area contributed by atoms with Crippen LogP contribution in [0.5, 0.6) is 0 Å². The second-order valence-corrected chi connectivity index (χ2v) is 15.9. The molecule has 0 aliphatic heterocycles. The van der Waals surface area contributed by atoms with Gasteiger partial charge in [0.05, 0.1) is 19.8 Å². The molecule has 0 bridgehead atoms. The van der Waals surface area contributed by atoms with Gasteiger partial charge in [0, 0.05) is 13.0 Å². The van der Waals surface area contributed by atoms with Gasteiger partial charge in [-0.05, 0) is 44.9 Å². The Kier molecular flexibility index (Phi) is 38.6. The third-order valence-electron chi connectivity index (χ3n) is 9.12. The highest BCUT2D eigenvalue weighted by molar-refractivity contribution is 7.47. The molecule has 0 aromatic heterocycles. The minimum absolute atomic E-state index is 0.0201. The molecule has 0 aliphatic rings.